The minimum atomic E-state index is -0.978. The Bertz CT molecular complexity index is 1360. The Morgan fingerprint density at radius 3 is 2.33 bits per heavy atom. The molecule has 2 aliphatic heterocycles. The lowest BCUT2D eigenvalue weighted by Gasteiger charge is -2.39. The summed E-state index contributed by atoms with van der Waals surface area (Å²) in [5.74, 6) is -2.04. The predicted octanol–water partition coefficient (Wildman–Crippen LogP) is 4.36. The van der Waals surface area contributed by atoms with Crippen molar-refractivity contribution < 1.29 is 24.0 Å². The van der Waals surface area contributed by atoms with Gasteiger partial charge >= 0.3 is 6.03 Å². The quantitative estimate of drug-likeness (QED) is 0.238. The Morgan fingerprint density at radius 2 is 1.65 bits per heavy atom. The van der Waals surface area contributed by atoms with E-state index in [1.165, 1.54) is 6.08 Å². The van der Waals surface area contributed by atoms with E-state index in [-0.39, 0.29) is 35.7 Å². The van der Waals surface area contributed by atoms with Crippen LogP contribution in [0.5, 0.6) is 0 Å². The molecule has 0 spiro atoms. The molecule has 0 aromatic carbocycles. The number of ketones is 1. The van der Waals surface area contributed by atoms with E-state index in [4.69, 9.17) is 0 Å². The molecule has 1 aromatic rings. The second-order valence-electron chi connectivity index (χ2n) is 15.4. The zero-order valence-corrected chi connectivity index (χ0v) is 29.4. The third-order valence-electron chi connectivity index (χ3n) is 11.5. The van der Waals surface area contributed by atoms with Crippen LogP contribution < -0.4 is 21.3 Å². The van der Waals surface area contributed by atoms with Crippen molar-refractivity contribution in [2.24, 2.45) is 17.3 Å². The molecule has 2 saturated carbocycles. The van der Waals surface area contributed by atoms with Gasteiger partial charge < -0.3 is 26.2 Å². The summed E-state index contributed by atoms with van der Waals surface area (Å²) in [6.45, 7) is 8.38. The van der Waals surface area contributed by atoms with Gasteiger partial charge in [-0.15, -0.1) is 6.58 Å². The lowest BCUT2D eigenvalue weighted by Crippen LogP contribution is -2.60. The van der Waals surface area contributed by atoms with Crippen LogP contribution in [0.3, 0.4) is 0 Å². The van der Waals surface area contributed by atoms with Gasteiger partial charge in [-0.2, -0.15) is 0 Å². The van der Waals surface area contributed by atoms with Crippen LogP contribution in [0.2, 0.25) is 0 Å². The maximum absolute atomic E-state index is 14.4. The molecular formula is C38H56N6O5. The van der Waals surface area contributed by atoms with Crippen LogP contribution in [0.4, 0.5) is 4.79 Å². The number of carbonyl (C=O) groups is 5. The van der Waals surface area contributed by atoms with Gasteiger partial charge in [0.2, 0.25) is 17.6 Å². The summed E-state index contributed by atoms with van der Waals surface area (Å²) in [5, 5.41) is 11.8. The number of aromatic nitrogens is 1. The standard InChI is InChI=1S/C38H56N6O5/c1-4-22-40-34(47)32(45)28-18-11-8-6-5-7-9-12-19-29(35(48)44-25-27-30(37(27,2)3)31(44)33(46)41-28)42-36(49)43-38(20-14-10-15-21-38)24-26-17-13-16-23-39-26/h4,13,16-17,23,27-31H,1,5-12,14-15,18-22,24-25H2,2-3H3,(H,40,47)(H,41,46)(H2,42,43,49)/t27-,28-,29-,30-,31-/m0/s1. The number of pyridine rings is 1. The molecule has 3 heterocycles. The lowest BCUT2D eigenvalue weighted by molar-refractivity contribution is -0.144. The van der Waals surface area contributed by atoms with Crippen LogP contribution in [-0.4, -0.2) is 76.2 Å². The van der Waals surface area contributed by atoms with Gasteiger partial charge in [0.1, 0.15) is 12.1 Å². The highest BCUT2D eigenvalue weighted by molar-refractivity contribution is 6.38. The van der Waals surface area contributed by atoms with Crippen molar-refractivity contribution in [3.05, 3.63) is 42.7 Å². The Kier molecular flexibility index (Phi) is 12.1. The van der Waals surface area contributed by atoms with Gasteiger partial charge in [0.05, 0.1) is 6.04 Å². The molecule has 268 valence electrons. The number of nitrogens with one attached hydrogen (secondary N) is 4. The third kappa shape index (κ3) is 8.89. The summed E-state index contributed by atoms with van der Waals surface area (Å²) in [6.07, 6.45) is 15.9. The van der Waals surface area contributed by atoms with E-state index in [9.17, 15) is 24.0 Å². The smallest absolute Gasteiger partial charge is 0.315 e. The van der Waals surface area contributed by atoms with Gasteiger partial charge in [0, 0.05) is 36.9 Å². The monoisotopic (exact) mass is 676 g/mol. The molecule has 11 heteroatoms. The summed E-state index contributed by atoms with van der Waals surface area (Å²) in [6, 6.07) is 2.91. The SMILES string of the molecule is C=CCNC(=O)C(=O)[C@@H]1CCCCCCCCC[C@H](NC(=O)NC2(Cc3ccccn3)CCCCC2)C(=O)N2C[C@H]3[C@@H]([C@H]2C(=O)N1)C3(C)C. The van der Waals surface area contributed by atoms with Crippen LogP contribution in [0.15, 0.2) is 37.1 Å². The van der Waals surface area contributed by atoms with Gasteiger partial charge in [-0.3, -0.25) is 24.2 Å². The van der Waals surface area contributed by atoms with Crippen LogP contribution >= 0.6 is 0 Å². The average molecular weight is 677 g/mol. The third-order valence-corrected chi connectivity index (χ3v) is 11.5. The van der Waals surface area contributed by atoms with Crippen molar-refractivity contribution in [1.29, 1.82) is 0 Å². The molecule has 0 radical (unpaired) electrons. The minimum Gasteiger partial charge on any atom is -0.346 e. The van der Waals surface area contributed by atoms with E-state index in [1.807, 2.05) is 18.2 Å². The summed E-state index contributed by atoms with van der Waals surface area (Å²) in [4.78, 5) is 74.4. The topological polar surface area (TPSA) is 150 Å². The summed E-state index contributed by atoms with van der Waals surface area (Å²) in [7, 11) is 0. The molecule has 0 bridgehead atoms. The van der Waals surface area contributed by atoms with E-state index < -0.39 is 41.3 Å². The molecule has 5 rings (SSSR count). The van der Waals surface area contributed by atoms with Crippen molar-refractivity contribution in [1.82, 2.24) is 31.2 Å². The van der Waals surface area contributed by atoms with Crippen molar-refractivity contribution >= 4 is 29.5 Å². The van der Waals surface area contributed by atoms with Crippen LogP contribution in [0, 0.1) is 17.3 Å². The largest absolute Gasteiger partial charge is 0.346 e. The number of fused-ring (bicyclic) bond motifs is 3. The second kappa shape index (κ2) is 16.3. The van der Waals surface area contributed by atoms with Gasteiger partial charge in [-0.05, 0) is 55.1 Å². The Labute approximate surface area is 291 Å². The zero-order chi connectivity index (χ0) is 35.0. The van der Waals surface area contributed by atoms with Crippen molar-refractivity contribution in [2.75, 3.05) is 13.1 Å². The first kappa shape index (κ1) is 36.5. The minimum absolute atomic E-state index is 0.0703. The van der Waals surface area contributed by atoms with Gasteiger partial charge in [-0.1, -0.05) is 90.2 Å². The molecule has 4 aliphatic rings. The van der Waals surface area contributed by atoms with E-state index >= 15 is 0 Å². The molecule has 2 aliphatic carbocycles. The van der Waals surface area contributed by atoms with E-state index in [0.717, 1.165) is 76.3 Å². The normalized spacial score (nSPS) is 28.6. The first-order valence-corrected chi connectivity index (χ1v) is 18.6. The zero-order valence-electron chi connectivity index (χ0n) is 29.4. The Hall–Kier alpha value is -3.76. The fraction of sp³-hybridized carbons (Fsp3) is 0.684. The molecule has 5 amide bonds. The molecule has 11 nitrogen and oxygen atoms in total. The number of urea groups is 1. The molecule has 4 fully saturated rings. The summed E-state index contributed by atoms with van der Waals surface area (Å²) >= 11 is 0. The fourth-order valence-electron chi connectivity index (χ4n) is 8.65. The first-order valence-electron chi connectivity index (χ1n) is 18.6. The van der Waals surface area contributed by atoms with Gasteiger partial charge in [0.25, 0.3) is 5.91 Å². The van der Waals surface area contributed by atoms with Crippen LogP contribution in [0.1, 0.15) is 109 Å². The highest BCUT2D eigenvalue weighted by Gasteiger charge is 2.69. The van der Waals surface area contributed by atoms with Gasteiger partial charge in [0.15, 0.2) is 0 Å². The van der Waals surface area contributed by atoms with Crippen molar-refractivity contribution in [2.45, 2.75) is 134 Å². The van der Waals surface area contributed by atoms with Crippen LogP contribution in [0.25, 0.3) is 0 Å². The molecule has 0 unspecified atom stereocenters. The van der Waals surface area contributed by atoms with E-state index in [1.54, 1.807) is 11.1 Å². The fourth-order valence-corrected chi connectivity index (χ4v) is 8.65. The van der Waals surface area contributed by atoms with Crippen molar-refractivity contribution in [3.8, 4) is 0 Å². The van der Waals surface area contributed by atoms with Gasteiger partial charge in [-0.25, -0.2) is 4.79 Å². The molecule has 49 heavy (non-hydrogen) atoms. The summed E-state index contributed by atoms with van der Waals surface area (Å²) < 4.78 is 0. The molecule has 2 saturated heterocycles. The second-order valence-corrected chi connectivity index (χ2v) is 15.4. The predicted molar refractivity (Wildman–Crippen MR) is 187 cm³/mol. The number of nitrogens with zero attached hydrogens (tertiary/aromatic N) is 2. The average Bonchev–Trinajstić information content (AvgIpc) is 3.38. The van der Waals surface area contributed by atoms with E-state index in [2.05, 4.69) is 46.7 Å². The molecule has 4 N–H and O–H groups in total. The summed E-state index contributed by atoms with van der Waals surface area (Å²) in [5.41, 5.74) is 0.340. The maximum atomic E-state index is 14.4. The molecule has 5 atom stereocenters. The molecular weight excluding hydrogens is 620 g/mol. The number of rotatable bonds is 8. The first-order chi connectivity index (χ1) is 23.6. The number of piperidine rings is 1. The Morgan fingerprint density at radius 1 is 0.980 bits per heavy atom. The number of hydrogen-bond acceptors (Lipinski definition) is 6. The number of Topliss-reactive ketones (excluding diaryl/α,β-unsaturated/α-hetero) is 1. The number of amides is 5. The van der Waals surface area contributed by atoms with Crippen LogP contribution in [-0.2, 0) is 25.6 Å². The number of hydrogen-bond donors (Lipinski definition) is 4. The van der Waals surface area contributed by atoms with E-state index in [0.29, 0.717) is 32.2 Å². The van der Waals surface area contributed by atoms with Crippen molar-refractivity contribution in [3.63, 3.8) is 0 Å². The molecule has 1 aromatic heterocycles. The number of carbonyl (C=O) groups excluding carboxylic acids is 5. The maximum Gasteiger partial charge on any atom is 0.315 e. The lowest BCUT2D eigenvalue weighted by atomic mass is 9.78. The highest BCUT2D eigenvalue weighted by atomic mass is 16.2. The Balaban J connectivity index is 1.35. The highest BCUT2D eigenvalue weighted by Crippen LogP contribution is 2.65.